The molecule has 136 valence electrons. The molecule has 0 bridgehead atoms. The lowest BCUT2D eigenvalue weighted by Gasteiger charge is -2.16. The molecule has 0 N–H and O–H groups in total. The van der Waals surface area contributed by atoms with E-state index in [4.69, 9.17) is 16.6 Å². The van der Waals surface area contributed by atoms with Crippen molar-refractivity contribution in [3.63, 3.8) is 0 Å². The number of hydrogen-bond acceptors (Lipinski definition) is 5. The van der Waals surface area contributed by atoms with Gasteiger partial charge < -0.3 is 4.90 Å². The normalized spacial score (nSPS) is 14.7. The van der Waals surface area contributed by atoms with E-state index in [-0.39, 0.29) is 5.38 Å². The summed E-state index contributed by atoms with van der Waals surface area (Å²) in [5.74, 6) is 0.803. The number of nitrogens with zero attached hydrogens (tertiary/aromatic N) is 5. The third-order valence-corrected chi connectivity index (χ3v) is 5.14. The zero-order valence-electron chi connectivity index (χ0n) is 14.7. The Morgan fingerprint density at radius 3 is 2.48 bits per heavy atom. The average Bonchev–Trinajstić information content (AvgIpc) is 2.93. The summed E-state index contributed by atoms with van der Waals surface area (Å²) in [6.45, 7) is 0.534. The Balaban J connectivity index is 1.74. The third kappa shape index (κ3) is 3.77. The fraction of sp³-hybridized carbons (Fsp3) is 0.150. The van der Waals surface area contributed by atoms with Gasteiger partial charge in [-0.2, -0.15) is 5.10 Å². The number of fused-ring (bicyclic) bond motifs is 1. The van der Waals surface area contributed by atoms with Crippen molar-refractivity contribution in [3.05, 3.63) is 78.8 Å². The van der Waals surface area contributed by atoms with E-state index >= 15 is 0 Å². The second kappa shape index (κ2) is 7.98. The summed E-state index contributed by atoms with van der Waals surface area (Å²) in [5.41, 5.74) is 1.84. The second-order valence-corrected chi connectivity index (χ2v) is 7.25. The van der Waals surface area contributed by atoms with Crippen LogP contribution in [0, 0.1) is 0 Å². The highest BCUT2D eigenvalue weighted by molar-refractivity contribution is 7.98. The van der Waals surface area contributed by atoms with Crippen molar-refractivity contribution in [1.82, 2.24) is 19.7 Å². The van der Waals surface area contributed by atoms with Crippen LogP contribution in [0.1, 0.15) is 10.9 Å². The number of anilines is 1. The van der Waals surface area contributed by atoms with Gasteiger partial charge in [0.15, 0.2) is 16.6 Å². The van der Waals surface area contributed by atoms with Gasteiger partial charge >= 0.3 is 0 Å². The maximum atomic E-state index is 6.63. The van der Waals surface area contributed by atoms with Gasteiger partial charge in [0.1, 0.15) is 0 Å². The molecule has 1 atom stereocenters. The van der Waals surface area contributed by atoms with E-state index in [9.17, 15) is 0 Å². The molecular weight excluding hydrogens is 378 g/mol. The molecule has 2 aromatic heterocycles. The van der Waals surface area contributed by atoms with Crippen molar-refractivity contribution in [2.24, 2.45) is 0 Å². The minimum atomic E-state index is -0.187. The van der Waals surface area contributed by atoms with E-state index in [1.807, 2.05) is 89.1 Å². The quantitative estimate of drug-likeness (QED) is 0.348. The lowest BCUT2D eigenvalue weighted by molar-refractivity contribution is 0.613. The Hall–Kier alpha value is -2.57. The van der Waals surface area contributed by atoms with E-state index in [0.29, 0.717) is 11.7 Å². The molecule has 5 nitrogen and oxygen atoms in total. The Morgan fingerprint density at radius 1 is 1.04 bits per heavy atom. The Morgan fingerprint density at radius 2 is 1.78 bits per heavy atom. The molecule has 0 saturated heterocycles. The molecule has 3 heterocycles. The summed E-state index contributed by atoms with van der Waals surface area (Å²) in [5, 5.41) is 5.95. The van der Waals surface area contributed by atoms with Crippen LogP contribution in [0.3, 0.4) is 0 Å². The molecule has 4 rings (SSSR count). The maximum Gasteiger partial charge on any atom is 0.191 e. The van der Waals surface area contributed by atoms with Crippen LogP contribution < -0.4 is 4.90 Å². The zero-order valence-corrected chi connectivity index (χ0v) is 16.3. The molecule has 3 aromatic rings. The summed E-state index contributed by atoms with van der Waals surface area (Å²) < 4.78 is 1.86. The molecule has 1 aromatic carbocycles. The number of hydrogen-bond donors (Lipinski definition) is 0. The first-order valence-electron chi connectivity index (χ1n) is 8.53. The molecule has 27 heavy (non-hydrogen) atoms. The van der Waals surface area contributed by atoms with Crippen LogP contribution in [0.2, 0.25) is 0 Å². The fourth-order valence-electron chi connectivity index (χ4n) is 2.87. The van der Waals surface area contributed by atoms with Crippen LogP contribution in [0.25, 0.3) is 11.0 Å². The molecule has 7 heteroatoms. The van der Waals surface area contributed by atoms with Gasteiger partial charge in [0, 0.05) is 12.4 Å². The van der Waals surface area contributed by atoms with E-state index in [1.165, 1.54) is 11.8 Å². The summed E-state index contributed by atoms with van der Waals surface area (Å²) in [6, 6.07) is 10.0. The highest BCUT2D eigenvalue weighted by atomic mass is 35.5. The highest BCUT2D eigenvalue weighted by Gasteiger charge is 2.18. The molecule has 0 radical (unpaired) electrons. The molecule has 0 fully saturated rings. The molecule has 0 spiro atoms. The van der Waals surface area contributed by atoms with Crippen molar-refractivity contribution >= 4 is 40.2 Å². The van der Waals surface area contributed by atoms with E-state index in [0.717, 1.165) is 22.4 Å². The van der Waals surface area contributed by atoms with Gasteiger partial charge in [-0.3, -0.25) is 0 Å². The number of alkyl halides is 1. The van der Waals surface area contributed by atoms with Crippen LogP contribution in [0.15, 0.2) is 78.4 Å². The van der Waals surface area contributed by atoms with Crippen LogP contribution >= 0.6 is 23.4 Å². The lowest BCUT2D eigenvalue weighted by Crippen LogP contribution is -2.11. The van der Waals surface area contributed by atoms with Crippen LogP contribution in [-0.2, 0) is 6.54 Å². The third-order valence-electron chi connectivity index (χ3n) is 4.20. The molecule has 1 unspecified atom stereocenters. The largest absolute Gasteiger partial charge is 0.308 e. The SMILES string of the molecule is CSc1nc(N2C=CC=CC=C2)c2cnn(CC(Cl)c3ccccc3)c2n1. The van der Waals surface area contributed by atoms with Crippen molar-refractivity contribution in [1.29, 1.82) is 0 Å². The molecule has 0 amide bonds. The first-order valence-corrected chi connectivity index (χ1v) is 10.2. The summed E-state index contributed by atoms with van der Waals surface area (Å²) in [7, 11) is 0. The Kier molecular flexibility index (Phi) is 5.27. The Bertz CT molecular complexity index is 1010. The number of thioether (sulfide) groups is 1. The van der Waals surface area contributed by atoms with Gasteiger partial charge in [-0.1, -0.05) is 54.2 Å². The monoisotopic (exact) mass is 395 g/mol. The van der Waals surface area contributed by atoms with Crippen molar-refractivity contribution in [3.8, 4) is 0 Å². The van der Waals surface area contributed by atoms with Crippen molar-refractivity contribution in [2.75, 3.05) is 11.2 Å². The second-order valence-electron chi connectivity index (χ2n) is 5.95. The topological polar surface area (TPSA) is 46.8 Å². The van der Waals surface area contributed by atoms with E-state index in [2.05, 4.69) is 10.1 Å². The van der Waals surface area contributed by atoms with Crippen molar-refractivity contribution in [2.45, 2.75) is 17.1 Å². The molecule has 1 aliphatic rings. The number of aromatic nitrogens is 4. The van der Waals surface area contributed by atoms with E-state index in [1.54, 1.807) is 0 Å². The van der Waals surface area contributed by atoms with Gasteiger partial charge in [-0.05, 0) is 24.0 Å². The minimum absolute atomic E-state index is 0.187. The van der Waals surface area contributed by atoms with Gasteiger partial charge in [0.25, 0.3) is 0 Å². The van der Waals surface area contributed by atoms with Crippen LogP contribution in [-0.4, -0.2) is 26.0 Å². The fourth-order valence-corrected chi connectivity index (χ4v) is 3.50. The van der Waals surface area contributed by atoms with Gasteiger partial charge in [-0.15, -0.1) is 11.6 Å². The van der Waals surface area contributed by atoms with Gasteiger partial charge in [-0.25, -0.2) is 14.6 Å². The lowest BCUT2D eigenvalue weighted by atomic mass is 10.1. The first-order chi connectivity index (χ1) is 13.3. The molecular formula is C20H18ClN5S. The standard InChI is InChI=1S/C20H18ClN5S/c1-27-20-23-18(25-11-7-2-3-8-12-25)16-13-22-26(19(16)24-20)14-17(21)15-9-5-4-6-10-15/h2-13,17H,14H2,1H3. The number of benzene rings is 1. The maximum absolute atomic E-state index is 6.63. The molecule has 0 aliphatic carbocycles. The predicted molar refractivity (Wildman–Crippen MR) is 112 cm³/mol. The highest BCUT2D eigenvalue weighted by Crippen LogP contribution is 2.29. The Labute approximate surface area is 167 Å². The van der Waals surface area contributed by atoms with Crippen LogP contribution in [0.5, 0.6) is 0 Å². The number of allylic oxidation sites excluding steroid dienone is 4. The van der Waals surface area contributed by atoms with E-state index < -0.39 is 0 Å². The predicted octanol–water partition coefficient (Wildman–Crippen LogP) is 4.93. The molecule has 1 aliphatic heterocycles. The summed E-state index contributed by atoms with van der Waals surface area (Å²) in [4.78, 5) is 11.4. The molecule has 0 saturated carbocycles. The zero-order chi connectivity index (χ0) is 18.6. The average molecular weight is 396 g/mol. The smallest absolute Gasteiger partial charge is 0.191 e. The first kappa shape index (κ1) is 17.8. The summed E-state index contributed by atoms with van der Waals surface area (Å²) in [6.07, 6.45) is 15.6. The summed E-state index contributed by atoms with van der Waals surface area (Å²) >= 11 is 8.14. The van der Waals surface area contributed by atoms with Gasteiger partial charge in [0.2, 0.25) is 0 Å². The number of rotatable bonds is 5. The number of halogens is 1. The van der Waals surface area contributed by atoms with Crippen LogP contribution in [0.4, 0.5) is 5.82 Å². The minimum Gasteiger partial charge on any atom is -0.308 e. The van der Waals surface area contributed by atoms with Crippen molar-refractivity contribution < 1.29 is 0 Å². The van der Waals surface area contributed by atoms with Gasteiger partial charge in [0.05, 0.1) is 23.5 Å².